The molecule has 1 aliphatic heterocycles. The molecule has 3 rings (SSSR count). The van der Waals surface area contributed by atoms with Crippen LogP contribution in [-0.4, -0.2) is 60.8 Å². The highest BCUT2D eigenvalue weighted by Crippen LogP contribution is 2.29. The fourth-order valence-corrected chi connectivity index (χ4v) is 6.08. The number of aryl methyl sites for hydroxylation is 1. The van der Waals surface area contributed by atoms with E-state index in [1.807, 2.05) is 0 Å². The molecule has 0 unspecified atom stereocenters. The van der Waals surface area contributed by atoms with Crippen LogP contribution in [0.25, 0.3) is 0 Å². The van der Waals surface area contributed by atoms with Crippen LogP contribution in [0.1, 0.15) is 44.5 Å². The molecule has 1 N–H and O–H groups in total. The van der Waals surface area contributed by atoms with Crippen LogP contribution in [0.2, 0.25) is 0 Å². The maximum absolute atomic E-state index is 13.0. The predicted molar refractivity (Wildman–Crippen MR) is 105 cm³/mol. The van der Waals surface area contributed by atoms with E-state index in [-0.39, 0.29) is 23.4 Å². The smallest absolute Gasteiger partial charge is 0.246 e. The largest absolute Gasteiger partial charge is 0.379 e. The van der Waals surface area contributed by atoms with Gasteiger partial charge in [-0.2, -0.15) is 9.40 Å². The fraction of sp³-hybridized carbons (Fsp3) is 0.789. The van der Waals surface area contributed by atoms with Gasteiger partial charge in [0.1, 0.15) is 11.4 Å². The van der Waals surface area contributed by atoms with E-state index in [9.17, 15) is 13.2 Å². The highest BCUT2D eigenvalue weighted by molar-refractivity contribution is 7.89. The van der Waals surface area contributed by atoms with Crippen LogP contribution in [0, 0.1) is 25.7 Å². The highest BCUT2D eigenvalue weighted by Gasteiger charge is 2.33. The zero-order chi connectivity index (χ0) is 20.5. The Morgan fingerprint density at radius 1 is 1.21 bits per heavy atom. The lowest BCUT2D eigenvalue weighted by molar-refractivity contribution is -0.123. The van der Waals surface area contributed by atoms with Gasteiger partial charge in [-0.3, -0.25) is 9.48 Å². The molecular weight excluding hydrogens is 380 g/mol. The average Bonchev–Trinajstić information content (AvgIpc) is 2.93. The minimum absolute atomic E-state index is 0.0307. The van der Waals surface area contributed by atoms with E-state index in [1.165, 1.54) is 15.4 Å². The number of carbonyl (C=O) groups is 1. The number of amides is 1. The van der Waals surface area contributed by atoms with Gasteiger partial charge in [0.25, 0.3) is 0 Å². The van der Waals surface area contributed by atoms with Crippen molar-refractivity contribution in [3.8, 4) is 0 Å². The van der Waals surface area contributed by atoms with Gasteiger partial charge >= 0.3 is 0 Å². The molecule has 1 aromatic rings. The molecule has 2 fully saturated rings. The second-order valence-corrected chi connectivity index (χ2v) is 9.99. The number of sulfonamides is 1. The maximum atomic E-state index is 13.0. The molecule has 0 radical (unpaired) electrons. The Morgan fingerprint density at radius 3 is 2.57 bits per heavy atom. The van der Waals surface area contributed by atoms with Crippen LogP contribution in [0.15, 0.2) is 4.90 Å². The summed E-state index contributed by atoms with van der Waals surface area (Å²) < 4.78 is 34.3. The maximum Gasteiger partial charge on any atom is 0.246 e. The van der Waals surface area contributed by atoms with Crippen molar-refractivity contribution in [1.29, 1.82) is 0 Å². The van der Waals surface area contributed by atoms with Crippen molar-refractivity contribution in [2.75, 3.05) is 26.3 Å². The minimum atomic E-state index is -3.64. The molecule has 0 spiro atoms. The summed E-state index contributed by atoms with van der Waals surface area (Å²) in [7, 11) is -3.64. The third kappa shape index (κ3) is 4.26. The number of morpholine rings is 1. The van der Waals surface area contributed by atoms with Gasteiger partial charge < -0.3 is 10.1 Å². The summed E-state index contributed by atoms with van der Waals surface area (Å²) in [5.74, 6) is 0.917. The Kier molecular flexibility index (Phi) is 6.46. The lowest BCUT2D eigenvalue weighted by Gasteiger charge is -2.34. The number of aromatic nitrogens is 2. The first-order chi connectivity index (χ1) is 13.2. The summed E-state index contributed by atoms with van der Waals surface area (Å²) in [5, 5.41) is 7.49. The molecule has 28 heavy (non-hydrogen) atoms. The Balaban J connectivity index is 1.73. The van der Waals surface area contributed by atoms with Crippen LogP contribution in [0.3, 0.4) is 0 Å². The molecule has 1 saturated carbocycles. The number of carbonyl (C=O) groups excluding carboxylic acids is 1. The van der Waals surface area contributed by atoms with Crippen molar-refractivity contribution in [3.05, 3.63) is 11.4 Å². The van der Waals surface area contributed by atoms with Crippen molar-refractivity contribution in [2.24, 2.45) is 11.8 Å². The van der Waals surface area contributed by atoms with Crippen molar-refractivity contribution in [3.63, 3.8) is 0 Å². The quantitative estimate of drug-likeness (QED) is 0.790. The third-order valence-electron chi connectivity index (χ3n) is 6.23. The molecule has 8 nitrogen and oxygen atoms in total. The molecule has 0 bridgehead atoms. The van der Waals surface area contributed by atoms with Gasteiger partial charge in [0, 0.05) is 19.1 Å². The summed E-state index contributed by atoms with van der Waals surface area (Å²) in [6, 6.07) is 0.171. The number of rotatable bonds is 5. The molecule has 3 atom stereocenters. The number of hydrogen-bond donors (Lipinski definition) is 1. The van der Waals surface area contributed by atoms with Gasteiger partial charge in [-0.25, -0.2) is 8.42 Å². The summed E-state index contributed by atoms with van der Waals surface area (Å²) in [6.07, 6.45) is 3.32. The van der Waals surface area contributed by atoms with Gasteiger partial charge in [-0.05, 0) is 32.1 Å². The van der Waals surface area contributed by atoms with E-state index in [0.29, 0.717) is 49.5 Å². The third-order valence-corrected chi connectivity index (χ3v) is 8.38. The number of nitrogens with zero attached hydrogens (tertiary/aromatic N) is 3. The van der Waals surface area contributed by atoms with Crippen LogP contribution in [-0.2, 0) is 26.1 Å². The monoisotopic (exact) mass is 412 g/mol. The van der Waals surface area contributed by atoms with Crippen LogP contribution < -0.4 is 5.32 Å². The van der Waals surface area contributed by atoms with Crippen LogP contribution in [0.5, 0.6) is 0 Å². The van der Waals surface area contributed by atoms with E-state index in [2.05, 4.69) is 24.3 Å². The van der Waals surface area contributed by atoms with Crippen molar-refractivity contribution in [1.82, 2.24) is 19.4 Å². The summed E-state index contributed by atoms with van der Waals surface area (Å²) >= 11 is 0. The van der Waals surface area contributed by atoms with Gasteiger partial charge in [-0.15, -0.1) is 0 Å². The van der Waals surface area contributed by atoms with Crippen LogP contribution >= 0.6 is 0 Å². The molecule has 158 valence electrons. The molecule has 1 amide bonds. The summed E-state index contributed by atoms with van der Waals surface area (Å²) in [6.45, 7) is 9.30. The van der Waals surface area contributed by atoms with E-state index < -0.39 is 10.0 Å². The Bertz CT molecular complexity index is 814. The molecule has 2 aliphatic rings. The van der Waals surface area contributed by atoms with E-state index in [1.54, 1.807) is 13.8 Å². The zero-order valence-corrected chi connectivity index (χ0v) is 18.1. The molecule has 1 aliphatic carbocycles. The van der Waals surface area contributed by atoms with E-state index in [4.69, 9.17) is 4.74 Å². The van der Waals surface area contributed by atoms with Gasteiger partial charge in [-0.1, -0.05) is 26.7 Å². The number of ether oxygens (including phenoxy) is 1. The first kappa shape index (κ1) is 21.3. The topological polar surface area (TPSA) is 93.5 Å². The molecule has 9 heteroatoms. The average molecular weight is 413 g/mol. The normalized spacial score (nSPS) is 26.9. The summed E-state index contributed by atoms with van der Waals surface area (Å²) in [5.41, 5.74) is 0.931. The SMILES string of the molecule is Cc1nn(CC(=O)N[C@H]2CCC[C@@H](C)[C@@H]2C)c(C)c1S(=O)(=O)N1CCOCC1. The van der Waals surface area contributed by atoms with Crippen molar-refractivity contribution < 1.29 is 17.9 Å². The first-order valence-corrected chi connectivity index (χ1v) is 11.6. The summed E-state index contributed by atoms with van der Waals surface area (Å²) in [4.78, 5) is 12.8. The van der Waals surface area contributed by atoms with Crippen molar-refractivity contribution >= 4 is 15.9 Å². The lowest BCUT2D eigenvalue weighted by Crippen LogP contribution is -2.45. The Labute approximate surface area is 167 Å². The van der Waals surface area contributed by atoms with Gasteiger partial charge in [0.15, 0.2) is 0 Å². The Morgan fingerprint density at radius 2 is 1.89 bits per heavy atom. The fourth-order valence-electron chi connectivity index (χ4n) is 4.30. The van der Waals surface area contributed by atoms with Gasteiger partial charge in [0.2, 0.25) is 15.9 Å². The van der Waals surface area contributed by atoms with E-state index >= 15 is 0 Å². The standard InChI is InChI=1S/C19H32N4O4S/c1-13-6-5-7-17(14(13)2)20-18(24)12-23-16(4)19(15(3)21-23)28(25,26)22-8-10-27-11-9-22/h13-14,17H,5-12H2,1-4H3,(H,20,24)/t13-,14+,17+/m1/s1. The Hall–Kier alpha value is -1.45. The number of hydrogen-bond acceptors (Lipinski definition) is 5. The van der Waals surface area contributed by atoms with Gasteiger partial charge in [0.05, 0.1) is 24.6 Å². The molecule has 1 aromatic heterocycles. The van der Waals surface area contributed by atoms with Crippen LogP contribution in [0.4, 0.5) is 0 Å². The molecule has 1 saturated heterocycles. The zero-order valence-electron chi connectivity index (χ0n) is 17.3. The van der Waals surface area contributed by atoms with E-state index in [0.717, 1.165) is 12.8 Å². The second kappa shape index (κ2) is 8.51. The molecule has 0 aromatic carbocycles. The highest BCUT2D eigenvalue weighted by atomic mass is 32.2. The first-order valence-electron chi connectivity index (χ1n) is 10.1. The number of nitrogens with one attached hydrogen (secondary N) is 1. The second-order valence-electron chi connectivity index (χ2n) is 8.12. The lowest BCUT2D eigenvalue weighted by atomic mass is 9.78. The van der Waals surface area contributed by atoms with Crippen molar-refractivity contribution in [2.45, 2.75) is 64.4 Å². The molecular formula is C19H32N4O4S. The minimum Gasteiger partial charge on any atom is -0.379 e. The molecule has 2 heterocycles. The predicted octanol–water partition coefficient (Wildman–Crippen LogP) is 1.46.